The molecule has 0 amide bonds. The Labute approximate surface area is 200 Å². The predicted molar refractivity (Wildman–Crippen MR) is 131 cm³/mol. The molecule has 5 aromatic rings. The molecule has 0 spiro atoms. The van der Waals surface area contributed by atoms with Crippen molar-refractivity contribution in [2.24, 2.45) is 0 Å². The van der Waals surface area contributed by atoms with E-state index < -0.39 is 5.76 Å². The van der Waals surface area contributed by atoms with Crippen molar-refractivity contribution in [2.75, 3.05) is 7.11 Å². The molecule has 1 fully saturated rings. The van der Waals surface area contributed by atoms with Crippen LogP contribution in [-0.2, 0) is 4.74 Å². The molecule has 0 radical (unpaired) electrons. The fraction of sp³-hybridized carbons (Fsp3) is 0.185. The van der Waals surface area contributed by atoms with Crippen LogP contribution in [0.2, 0.25) is 0 Å². The molecule has 0 atom stereocenters. The average Bonchev–Trinajstić information content (AvgIpc) is 3.52. The molecule has 1 N–H and O–H groups in total. The zero-order valence-corrected chi connectivity index (χ0v) is 19.2. The number of H-pyrrole nitrogens is 1. The number of imidazole rings is 1. The first kappa shape index (κ1) is 21.1. The van der Waals surface area contributed by atoms with Crippen LogP contribution >= 0.6 is 0 Å². The minimum atomic E-state index is -0.665. The van der Waals surface area contributed by atoms with Crippen LogP contribution in [0.1, 0.15) is 40.5 Å². The Bertz CT molecular complexity index is 1640. The maximum Gasteiger partial charge on any atom is 0.460 e. The first-order chi connectivity index (χ1) is 17.0. The number of hydrogen-bond acceptors (Lipinski definition) is 6. The number of esters is 1. The van der Waals surface area contributed by atoms with Crippen LogP contribution in [0.5, 0.6) is 0 Å². The van der Waals surface area contributed by atoms with E-state index in [0.29, 0.717) is 17.3 Å². The average molecular weight is 466 g/mol. The van der Waals surface area contributed by atoms with E-state index >= 15 is 0 Å². The quantitative estimate of drug-likeness (QED) is 0.365. The third-order valence-corrected chi connectivity index (χ3v) is 6.44. The van der Waals surface area contributed by atoms with Gasteiger partial charge in [0.05, 0.1) is 23.7 Å². The lowest BCUT2D eigenvalue weighted by molar-refractivity contribution is 0.0602. The number of benzene rings is 3. The number of carbonyl (C=O) groups excluding carboxylic acids is 1. The molecule has 35 heavy (non-hydrogen) atoms. The summed E-state index contributed by atoms with van der Waals surface area (Å²) in [4.78, 5) is 33.0. The summed E-state index contributed by atoms with van der Waals surface area (Å²) in [7, 11) is 1.39. The molecule has 2 aromatic heterocycles. The Kier molecular flexibility index (Phi) is 4.88. The normalized spacial score (nSPS) is 13.3. The van der Waals surface area contributed by atoms with Gasteiger partial charge in [-0.05, 0) is 54.7 Å². The Morgan fingerprint density at radius 2 is 1.77 bits per heavy atom. The zero-order valence-electron chi connectivity index (χ0n) is 19.2. The monoisotopic (exact) mass is 466 g/mol. The van der Waals surface area contributed by atoms with Gasteiger partial charge in [-0.3, -0.25) is 4.57 Å². The highest BCUT2D eigenvalue weighted by atomic mass is 16.5. The lowest BCUT2D eigenvalue weighted by Gasteiger charge is -2.13. The molecule has 0 unspecified atom stereocenters. The largest absolute Gasteiger partial charge is 0.465 e. The molecule has 0 aliphatic heterocycles. The van der Waals surface area contributed by atoms with Crippen LogP contribution in [0.15, 0.2) is 70.0 Å². The van der Waals surface area contributed by atoms with Crippen LogP contribution in [0, 0.1) is 6.92 Å². The third kappa shape index (κ3) is 3.54. The molecule has 174 valence electrons. The number of aryl methyl sites for hydroxylation is 1. The van der Waals surface area contributed by atoms with E-state index in [0.717, 1.165) is 57.6 Å². The van der Waals surface area contributed by atoms with Crippen molar-refractivity contribution in [3.63, 3.8) is 0 Å². The van der Waals surface area contributed by atoms with Crippen LogP contribution in [0.3, 0.4) is 0 Å². The van der Waals surface area contributed by atoms with E-state index in [4.69, 9.17) is 14.2 Å². The Balaban J connectivity index is 1.51. The van der Waals surface area contributed by atoms with Crippen LogP contribution < -0.4 is 5.76 Å². The predicted octanol–water partition coefficient (Wildman–Crippen LogP) is 5.01. The second kappa shape index (κ2) is 8.09. The van der Waals surface area contributed by atoms with Gasteiger partial charge in [-0.15, -0.1) is 0 Å². The van der Waals surface area contributed by atoms with Gasteiger partial charge in [0, 0.05) is 17.2 Å². The number of hydrogen-bond donors (Lipinski definition) is 1. The number of nitrogens with zero attached hydrogens (tertiary/aromatic N) is 3. The van der Waals surface area contributed by atoms with E-state index in [-0.39, 0.29) is 5.97 Å². The molecule has 0 saturated heterocycles. The number of rotatable bonds is 5. The highest BCUT2D eigenvalue weighted by Gasteiger charge is 2.32. The number of nitrogens with one attached hydrogen (secondary N) is 1. The lowest BCUT2D eigenvalue weighted by Crippen LogP contribution is -2.07. The minimum absolute atomic E-state index is 0.372. The van der Waals surface area contributed by atoms with Gasteiger partial charge in [0.25, 0.3) is 0 Å². The molecule has 1 aliphatic rings. The van der Waals surface area contributed by atoms with Crippen LogP contribution in [-0.4, -0.2) is 32.8 Å². The van der Waals surface area contributed by atoms with Gasteiger partial charge in [-0.25, -0.2) is 14.6 Å². The molecular weight excluding hydrogens is 444 g/mol. The van der Waals surface area contributed by atoms with Gasteiger partial charge >= 0.3 is 11.7 Å². The SMILES string of the molecule is COC(=O)c1ccc(C)c2nc(C3CC3)n(-c3ccc(-c4ccccc4-c4nc(=O)o[nH]4)cc3)c12. The fourth-order valence-electron chi connectivity index (χ4n) is 4.55. The zero-order chi connectivity index (χ0) is 24.1. The van der Waals surface area contributed by atoms with E-state index in [9.17, 15) is 9.59 Å². The van der Waals surface area contributed by atoms with E-state index in [2.05, 4.69) is 14.7 Å². The van der Waals surface area contributed by atoms with Crippen LogP contribution in [0.25, 0.3) is 39.2 Å². The smallest absolute Gasteiger partial charge is 0.460 e. The highest BCUT2D eigenvalue weighted by Crippen LogP contribution is 2.43. The van der Waals surface area contributed by atoms with Crippen molar-refractivity contribution in [2.45, 2.75) is 25.7 Å². The molecule has 8 nitrogen and oxygen atoms in total. The molecule has 3 aromatic carbocycles. The number of ether oxygens (including phenoxy) is 1. The van der Waals surface area contributed by atoms with Crippen LogP contribution in [0.4, 0.5) is 0 Å². The minimum Gasteiger partial charge on any atom is -0.465 e. The van der Waals surface area contributed by atoms with Gasteiger partial charge in [0.15, 0.2) is 5.82 Å². The summed E-state index contributed by atoms with van der Waals surface area (Å²) in [6.45, 7) is 2.01. The Morgan fingerprint density at radius 1 is 1.03 bits per heavy atom. The summed E-state index contributed by atoms with van der Waals surface area (Å²) < 4.78 is 11.9. The number of aromatic nitrogens is 4. The molecule has 0 bridgehead atoms. The van der Waals surface area contributed by atoms with Gasteiger partial charge in [0.1, 0.15) is 5.82 Å². The number of carbonyl (C=O) groups is 1. The van der Waals surface area contributed by atoms with E-state index in [1.807, 2.05) is 67.6 Å². The van der Waals surface area contributed by atoms with Crippen molar-refractivity contribution in [1.82, 2.24) is 19.7 Å². The number of methoxy groups -OCH3 is 1. The summed E-state index contributed by atoms with van der Waals surface area (Å²) in [5, 5.41) is 2.59. The first-order valence-corrected chi connectivity index (χ1v) is 11.4. The van der Waals surface area contributed by atoms with Crippen molar-refractivity contribution < 1.29 is 14.1 Å². The van der Waals surface area contributed by atoms with E-state index in [1.54, 1.807) is 0 Å². The maximum atomic E-state index is 12.6. The second-order valence-corrected chi connectivity index (χ2v) is 8.72. The lowest BCUT2D eigenvalue weighted by atomic mass is 9.99. The molecule has 1 aliphatic carbocycles. The third-order valence-electron chi connectivity index (χ3n) is 6.44. The fourth-order valence-corrected chi connectivity index (χ4v) is 4.55. The first-order valence-electron chi connectivity index (χ1n) is 11.4. The molecule has 1 saturated carbocycles. The topological polar surface area (TPSA) is 103 Å². The van der Waals surface area contributed by atoms with Crippen molar-refractivity contribution in [3.05, 3.63) is 88.2 Å². The summed E-state index contributed by atoms with van der Waals surface area (Å²) in [5.41, 5.74) is 6.65. The standard InChI is InChI=1S/C27H22N4O4/c1-15-7-14-21(26(32)34-2)23-22(15)28-25(17-8-9-17)31(23)18-12-10-16(11-13-18)19-5-3-4-6-20(19)24-29-27(33)35-30-24/h3-7,10-14,17H,8-9H2,1-2H3,(H,29,30,33). The van der Waals surface area contributed by atoms with Crippen molar-refractivity contribution >= 4 is 17.0 Å². The summed E-state index contributed by atoms with van der Waals surface area (Å²) >= 11 is 0. The molecule has 2 heterocycles. The van der Waals surface area contributed by atoms with E-state index in [1.165, 1.54) is 7.11 Å². The molecule has 6 rings (SSSR count). The Hall–Kier alpha value is -4.46. The van der Waals surface area contributed by atoms with Gasteiger partial charge < -0.3 is 9.26 Å². The van der Waals surface area contributed by atoms with Gasteiger partial charge in [-0.1, -0.05) is 42.5 Å². The maximum absolute atomic E-state index is 12.6. The Morgan fingerprint density at radius 3 is 2.43 bits per heavy atom. The highest BCUT2D eigenvalue weighted by molar-refractivity contribution is 6.03. The number of fused-ring (bicyclic) bond motifs is 1. The summed E-state index contributed by atoms with van der Waals surface area (Å²) in [6, 6.07) is 19.5. The van der Waals surface area contributed by atoms with Gasteiger partial charge in [0.2, 0.25) is 0 Å². The summed E-state index contributed by atoms with van der Waals surface area (Å²) in [5.74, 6) is 0.668. The van der Waals surface area contributed by atoms with Crippen molar-refractivity contribution in [3.8, 4) is 28.2 Å². The second-order valence-electron chi connectivity index (χ2n) is 8.72. The molecular formula is C27H22N4O4. The molecule has 8 heteroatoms. The number of aromatic amines is 1. The van der Waals surface area contributed by atoms with Gasteiger partial charge in [-0.2, -0.15) is 10.1 Å². The summed E-state index contributed by atoms with van der Waals surface area (Å²) in [6.07, 6.45) is 2.16. The van der Waals surface area contributed by atoms with Crippen molar-refractivity contribution in [1.29, 1.82) is 0 Å².